The SMILES string of the molecule is CC1CCN(S(=O)(=O)c2ccc(C(=O)CNCC(c3ccccc3)N3CCOCC3)cc2)CC1. The number of ether oxygens (including phenoxy) is 1. The van der Waals surface area contributed by atoms with E-state index in [1.54, 1.807) is 28.6 Å². The van der Waals surface area contributed by atoms with E-state index in [4.69, 9.17) is 4.74 Å². The van der Waals surface area contributed by atoms with Gasteiger partial charge in [0.2, 0.25) is 10.0 Å². The molecular formula is C26H35N3O4S. The summed E-state index contributed by atoms with van der Waals surface area (Å²) in [5.74, 6) is 0.508. The summed E-state index contributed by atoms with van der Waals surface area (Å²) >= 11 is 0. The summed E-state index contributed by atoms with van der Waals surface area (Å²) < 4.78 is 32.9. The van der Waals surface area contributed by atoms with E-state index in [1.807, 2.05) is 18.2 Å². The Hall–Kier alpha value is -2.10. The van der Waals surface area contributed by atoms with Gasteiger partial charge in [0, 0.05) is 44.3 Å². The van der Waals surface area contributed by atoms with Crippen molar-refractivity contribution < 1.29 is 17.9 Å². The highest BCUT2D eigenvalue weighted by Crippen LogP contribution is 2.24. The van der Waals surface area contributed by atoms with E-state index >= 15 is 0 Å². The van der Waals surface area contributed by atoms with Crippen LogP contribution in [0, 0.1) is 5.92 Å². The Labute approximate surface area is 203 Å². The summed E-state index contributed by atoms with van der Waals surface area (Å²) in [7, 11) is -3.51. The highest BCUT2D eigenvalue weighted by atomic mass is 32.2. The first kappa shape index (κ1) is 25.0. The average Bonchev–Trinajstić information content (AvgIpc) is 2.88. The first-order valence-electron chi connectivity index (χ1n) is 12.2. The lowest BCUT2D eigenvalue weighted by Gasteiger charge is -2.35. The Kier molecular flexibility index (Phi) is 8.50. The summed E-state index contributed by atoms with van der Waals surface area (Å²) in [6.07, 6.45) is 1.77. The van der Waals surface area contributed by atoms with Crippen LogP contribution < -0.4 is 5.32 Å². The highest BCUT2D eigenvalue weighted by molar-refractivity contribution is 7.89. The number of nitrogens with one attached hydrogen (secondary N) is 1. The third-order valence-electron chi connectivity index (χ3n) is 6.85. The Balaban J connectivity index is 1.35. The molecule has 0 aliphatic carbocycles. The molecule has 0 bridgehead atoms. The fourth-order valence-corrected chi connectivity index (χ4v) is 6.10. The molecule has 0 radical (unpaired) electrons. The van der Waals surface area contributed by atoms with Gasteiger partial charge in [0.1, 0.15) is 0 Å². The summed E-state index contributed by atoms with van der Waals surface area (Å²) in [5.41, 5.74) is 1.73. The van der Waals surface area contributed by atoms with E-state index < -0.39 is 10.0 Å². The monoisotopic (exact) mass is 485 g/mol. The number of hydrogen-bond acceptors (Lipinski definition) is 6. The number of benzene rings is 2. The molecule has 1 unspecified atom stereocenters. The number of carbonyl (C=O) groups is 1. The van der Waals surface area contributed by atoms with E-state index in [0.29, 0.717) is 44.3 Å². The number of morpholine rings is 1. The molecule has 8 heteroatoms. The number of nitrogens with zero attached hydrogens (tertiary/aromatic N) is 2. The molecule has 0 amide bonds. The topological polar surface area (TPSA) is 79.0 Å². The first-order chi connectivity index (χ1) is 16.4. The largest absolute Gasteiger partial charge is 0.379 e. The molecule has 2 aromatic carbocycles. The van der Waals surface area contributed by atoms with Crippen molar-refractivity contribution in [2.75, 3.05) is 52.5 Å². The zero-order valence-corrected chi connectivity index (χ0v) is 20.7. The maximum absolute atomic E-state index is 12.9. The molecule has 2 aliphatic heterocycles. The van der Waals surface area contributed by atoms with Crippen LogP contribution >= 0.6 is 0 Å². The normalized spacial score (nSPS) is 19.7. The van der Waals surface area contributed by atoms with E-state index in [9.17, 15) is 13.2 Å². The molecule has 2 saturated heterocycles. The predicted octanol–water partition coefficient (Wildman–Crippen LogP) is 2.95. The maximum atomic E-state index is 12.9. The third kappa shape index (κ3) is 6.12. The molecule has 1 atom stereocenters. The van der Waals surface area contributed by atoms with E-state index in [0.717, 1.165) is 25.9 Å². The second-order valence-corrected chi connectivity index (χ2v) is 11.2. The molecule has 2 fully saturated rings. The van der Waals surface area contributed by atoms with E-state index in [1.165, 1.54) is 5.56 Å². The minimum absolute atomic E-state index is 0.0514. The average molecular weight is 486 g/mol. The van der Waals surface area contributed by atoms with Crippen LogP contribution in [0.3, 0.4) is 0 Å². The van der Waals surface area contributed by atoms with Gasteiger partial charge in [0.25, 0.3) is 0 Å². The Bertz CT molecular complexity index is 1030. The summed E-state index contributed by atoms with van der Waals surface area (Å²) in [6, 6.07) is 16.8. The molecule has 2 aliphatic rings. The van der Waals surface area contributed by atoms with Crippen molar-refractivity contribution in [1.29, 1.82) is 0 Å². The van der Waals surface area contributed by atoms with Gasteiger partial charge in [-0.3, -0.25) is 9.69 Å². The highest BCUT2D eigenvalue weighted by Gasteiger charge is 2.28. The van der Waals surface area contributed by atoms with Gasteiger partial charge in [-0.2, -0.15) is 4.31 Å². The summed E-state index contributed by atoms with van der Waals surface area (Å²) in [5, 5.41) is 3.32. The van der Waals surface area contributed by atoms with Crippen LogP contribution in [0.25, 0.3) is 0 Å². The number of sulfonamides is 1. The van der Waals surface area contributed by atoms with Crippen LogP contribution in [0.2, 0.25) is 0 Å². The van der Waals surface area contributed by atoms with Crippen LogP contribution in [0.4, 0.5) is 0 Å². The van der Waals surface area contributed by atoms with Crippen molar-refractivity contribution in [2.45, 2.75) is 30.7 Å². The fraction of sp³-hybridized carbons (Fsp3) is 0.500. The van der Waals surface area contributed by atoms with Crippen LogP contribution in [0.15, 0.2) is 59.5 Å². The van der Waals surface area contributed by atoms with Crippen LogP contribution in [0.5, 0.6) is 0 Å². The van der Waals surface area contributed by atoms with Gasteiger partial charge in [-0.25, -0.2) is 8.42 Å². The van der Waals surface area contributed by atoms with Crippen molar-refractivity contribution in [2.24, 2.45) is 5.92 Å². The van der Waals surface area contributed by atoms with Crippen molar-refractivity contribution in [3.05, 3.63) is 65.7 Å². The van der Waals surface area contributed by atoms with Gasteiger partial charge in [-0.1, -0.05) is 49.4 Å². The third-order valence-corrected chi connectivity index (χ3v) is 8.76. The summed E-state index contributed by atoms with van der Waals surface area (Å²) in [4.78, 5) is 15.4. The van der Waals surface area contributed by atoms with Gasteiger partial charge in [-0.05, 0) is 36.5 Å². The molecule has 7 nitrogen and oxygen atoms in total. The second kappa shape index (κ2) is 11.6. The lowest BCUT2D eigenvalue weighted by atomic mass is 10.0. The van der Waals surface area contributed by atoms with Gasteiger partial charge < -0.3 is 10.1 Å². The number of Topliss-reactive ketones (excluding diaryl/α,β-unsaturated/α-hetero) is 1. The van der Waals surface area contributed by atoms with Crippen molar-refractivity contribution in [3.63, 3.8) is 0 Å². The maximum Gasteiger partial charge on any atom is 0.243 e. The fourth-order valence-electron chi connectivity index (χ4n) is 4.63. The van der Waals surface area contributed by atoms with Crippen LogP contribution in [-0.4, -0.2) is 75.9 Å². The standard InChI is InChI=1S/C26H35N3O4S/c1-21-11-13-29(14-12-21)34(31,32)24-9-7-23(8-10-24)26(30)20-27-19-25(22-5-3-2-4-6-22)28-15-17-33-18-16-28/h2-10,21,25,27H,11-20H2,1H3. The number of carbonyl (C=O) groups excluding carboxylic acids is 1. The molecule has 2 aromatic rings. The van der Waals surface area contributed by atoms with Crippen molar-refractivity contribution in [1.82, 2.24) is 14.5 Å². The molecule has 184 valence electrons. The molecular weight excluding hydrogens is 450 g/mol. The minimum atomic E-state index is -3.51. The molecule has 2 heterocycles. The zero-order valence-electron chi connectivity index (χ0n) is 19.9. The molecule has 4 rings (SSSR count). The van der Waals surface area contributed by atoms with Crippen molar-refractivity contribution >= 4 is 15.8 Å². The summed E-state index contributed by atoms with van der Waals surface area (Å²) in [6.45, 7) is 7.27. The number of rotatable bonds is 9. The van der Waals surface area contributed by atoms with Gasteiger partial charge in [-0.15, -0.1) is 0 Å². The second-order valence-electron chi connectivity index (χ2n) is 9.24. The van der Waals surface area contributed by atoms with Gasteiger partial charge >= 0.3 is 0 Å². The lowest BCUT2D eigenvalue weighted by Crippen LogP contribution is -2.43. The van der Waals surface area contributed by atoms with Gasteiger partial charge in [0.05, 0.1) is 24.7 Å². The quantitative estimate of drug-likeness (QED) is 0.550. The van der Waals surface area contributed by atoms with E-state index in [2.05, 4.69) is 29.3 Å². The molecule has 0 aromatic heterocycles. The van der Waals surface area contributed by atoms with Crippen LogP contribution in [-0.2, 0) is 14.8 Å². The molecule has 0 spiro atoms. The molecule has 34 heavy (non-hydrogen) atoms. The smallest absolute Gasteiger partial charge is 0.243 e. The Morgan fingerprint density at radius 2 is 1.65 bits per heavy atom. The molecule has 1 N–H and O–H groups in total. The number of piperidine rings is 1. The van der Waals surface area contributed by atoms with Gasteiger partial charge in [0.15, 0.2) is 5.78 Å². The molecule has 0 saturated carbocycles. The first-order valence-corrected chi connectivity index (χ1v) is 13.6. The Morgan fingerprint density at radius 1 is 1.00 bits per heavy atom. The van der Waals surface area contributed by atoms with Crippen molar-refractivity contribution in [3.8, 4) is 0 Å². The van der Waals surface area contributed by atoms with Crippen LogP contribution in [0.1, 0.15) is 41.7 Å². The minimum Gasteiger partial charge on any atom is -0.379 e. The lowest BCUT2D eigenvalue weighted by molar-refractivity contribution is 0.0162. The number of ketones is 1. The van der Waals surface area contributed by atoms with E-state index in [-0.39, 0.29) is 23.3 Å². The Morgan fingerprint density at radius 3 is 2.29 bits per heavy atom. The predicted molar refractivity (Wildman–Crippen MR) is 132 cm³/mol. The number of hydrogen-bond donors (Lipinski definition) is 1. The zero-order chi connectivity index (χ0) is 24.0.